The van der Waals surface area contributed by atoms with E-state index in [2.05, 4.69) is 10.2 Å². The van der Waals surface area contributed by atoms with Crippen LogP contribution in [0, 0.1) is 0 Å². The summed E-state index contributed by atoms with van der Waals surface area (Å²) >= 11 is 11.3. The van der Waals surface area contributed by atoms with E-state index in [1.165, 1.54) is 0 Å². The zero-order valence-electron chi connectivity index (χ0n) is 19.1. The second kappa shape index (κ2) is 14.8. The number of carbonyl (C=O) groups is 4. The Morgan fingerprint density at radius 1 is 0.765 bits per heavy atom. The van der Waals surface area contributed by atoms with Gasteiger partial charge >= 0.3 is 31.5 Å². The van der Waals surface area contributed by atoms with Crippen LogP contribution in [0.1, 0.15) is 27.7 Å². The lowest BCUT2D eigenvalue weighted by Crippen LogP contribution is -2.63. The van der Waals surface area contributed by atoms with Crippen LogP contribution in [0.5, 0.6) is 0 Å². The van der Waals surface area contributed by atoms with Gasteiger partial charge in [-0.05, 0) is 0 Å². The van der Waals surface area contributed by atoms with Crippen LogP contribution in [0.2, 0.25) is 0 Å². The highest BCUT2D eigenvalue weighted by atomic mass is 35.5. The Labute approximate surface area is 206 Å². The largest absolute Gasteiger partial charge is 0.456 e. The van der Waals surface area contributed by atoms with Crippen molar-refractivity contribution < 1.29 is 52.0 Å². The molecule has 34 heavy (non-hydrogen) atoms. The molecule has 5 atom stereocenters. The SMILES string of the molecule is CC(=O)OC1OC(COP(=O)(NCCCl)NCCCl)C(OC(C)=O)C(OC(C)=O)C1OC(C)=O. The number of hydrogen-bond acceptors (Lipinski definition) is 11. The van der Waals surface area contributed by atoms with Crippen LogP contribution in [0.4, 0.5) is 0 Å². The average Bonchev–Trinajstić information content (AvgIpc) is 2.72. The quantitative estimate of drug-likeness (QED) is 0.143. The molecule has 1 fully saturated rings. The van der Waals surface area contributed by atoms with Crippen molar-refractivity contribution in [1.82, 2.24) is 10.2 Å². The van der Waals surface area contributed by atoms with Crippen molar-refractivity contribution in [2.24, 2.45) is 0 Å². The Kier molecular flexibility index (Phi) is 13.3. The van der Waals surface area contributed by atoms with Gasteiger partial charge in [0.05, 0.1) is 6.61 Å². The Bertz CT molecular complexity index is 760. The Morgan fingerprint density at radius 2 is 1.21 bits per heavy atom. The molecular weight excluding hydrogens is 522 g/mol. The molecule has 16 heteroatoms. The maximum absolute atomic E-state index is 13.1. The first kappa shape index (κ1) is 30.6. The summed E-state index contributed by atoms with van der Waals surface area (Å²) in [5, 5.41) is 5.25. The molecule has 0 bridgehead atoms. The fourth-order valence-corrected chi connectivity index (χ4v) is 4.87. The topological polar surface area (TPSA) is 165 Å². The predicted octanol–water partition coefficient (Wildman–Crippen LogP) is 0.851. The molecule has 1 saturated heterocycles. The zero-order chi connectivity index (χ0) is 25.9. The van der Waals surface area contributed by atoms with Crippen LogP contribution in [-0.2, 0) is 52.0 Å². The second-order valence-electron chi connectivity index (χ2n) is 6.92. The van der Waals surface area contributed by atoms with Crippen LogP contribution in [-0.4, -0.2) is 86.0 Å². The standard InChI is InChI=1S/C18H29Cl2N2O11P/c1-10(23)29-15-14(9-28-34(27,21-7-5-19)22-8-6-20)33-18(32-13(4)26)17(31-12(3)25)16(15)30-11(2)24/h14-18H,5-9H2,1-4H3,(H2,21,22,27). The number of hydrogen-bond donors (Lipinski definition) is 2. The van der Waals surface area contributed by atoms with E-state index in [9.17, 15) is 23.7 Å². The molecule has 2 N–H and O–H groups in total. The smallest absolute Gasteiger partial charge is 0.340 e. The Balaban J connectivity index is 3.31. The van der Waals surface area contributed by atoms with E-state index < -0.39 is 68.9 Å². The first-order valence-corrected chi connectivity index (χ1v) is 12.8. The van der Waals surface area contributed by atoms with Crippen molar-refractivity contribution >= 4 is 54.7 Å². The van der Waals surface area contributed by atoms with Crippen molar-refractivity contribution in [3.63, 3.8) is 0 Å². The minimum atomic E-state index is -3.70. The van der Waals surface area contributed by atoms with Gasteiger partial charge in [-0.25, -0.2) is 10.2 Å². The van der Waals surface area contributed by atoms with Gasteiger partial charge in [-0.3, -0.25) is 23.7 Å². The van der Waals surface area contributed by atoms with Gasteiger partial charge < -0.3 is 28.2 Å². The summed E-state index contributed by atoms with van der Waals surface area (Å²) in [6.45, 7) is 4.07. The summed E-state index contributed by atoms with van der Waals surface area (Å²) in [7, 11) is -3.70. The average molecular weight is 551 g/mol. The third-order valence-electron chi connectivity index (χ3n) is 4.03. The number of nitrogens with one attached hydrogen (secondary N) is 2. The maximum Gasteiger partial charge on any atom is 0.340 e. The van der Waals surface area contributed by atoms with Gasteiger partial charge in [0.2, 0.25) is 12.4 Å². The van der Waals surface area contributed by atoms with Crippen LogP contribution < -0.4 is 10.2 Å². The van der Waals surface area contributed by atoms with Gasteiger partial charge in [-0.15, -0.1) is 23.2 Å². The molecule has 5 unspecified atom stereocenters. The molecule has 0 saturated carbocycles. The molecule has 1 heterocycles. The van der Waals surface area contributed by atoms with Gasteiger partial charge in [0.1, 0.15) is 6.10 Å². The molecule has 0 aromatic carbocycles. The monoisotopic (exact) mass is 550 g/mol. The maximum atomic E-state index is 13.1. The molecule has 0 amide bonds. The van der Waals surface area contributed by atoms with E-state index in [0.29, 0.717) is 0 Å². The van der Waals surface area contributed by atoms with Gasteiger partial charge in [0.25, 0.3) is 0 Å². The molecule has 0 radical (unpaired) electrons. The number of alkyl halides is 2. The molecule has 0 aliphatic carbocycles. The van der Waals surface area contributed by atoms with Crippen molar-refractivity contribution in [1.29, 1.82) is 0 Å². The van der Waals surface area contributed by atoms with Gasteiger partial charge in [0, 0.05) is 52.5 Å². The highest BCUT2D eigenvalue weighted by Gasteiger charge is 2.53. The van der Waals surface area contributed by atoms with Crippen molar-refractivity contribution in [2.75, 3.05) is 31.5 Å². The fourth-order valence-electron chi connectivity index (χ4n) is 2.95. The predicted molar refractivity (Wildman–Crippen MR) is 118 cm³/mol. The summed E-state index contributed by atoms with van der Waals surface area (Å²) in [4.78, 5) is 46.9. The summed E-state index contributed by atoms with van der Waals surface area (Å²) in [6.07, 6.45) is -7.12. The first-order valence-electron chi connectivity index (χ1n) is 10.1. The number of ether oxygens (including phenoxy) is 5. The lowest BCUT2D eigenvalue weighted by molar-refractivity contribution is -0.298. The van der Waals surface area contributed by atoms with Crippen molar-refractivity contribution in [3.8, 4) is 0 Å². The highest BCUT2D eigenvalue weighted by molar-refractivity contribution is 7.54. The number of carbonyl (C=O) groups excluding carboxylic acids is 4. The Hall–Kier alpha value is -1.47. The summed E-state index contributed by atoms with van der Waals surface area (Å²) in [5.41, 5.74) is 0. The molecule has 1 aliphatic heterocycles. The molecule has 13 nitrogen and oxygen atoms in total. The van der Waals surface area contributed by atoms with Crippen LogP contribution in [0.15, 0.2) is 0 Å². The molecule has 0 spiro atoms. The zero-order valence-corrected chi connectivity index (χ0v) is 21.5. The van der Waals surface area contributed by atoms with E-state index in [-0.39, 0.29) is 24.8 Å². The molecule has 196 valence electrons. The minimum absolute atomic E-state index is 0.119. The third kappa shape index (κ3) is 10.4. The minimum Gasteiger partial charge on any atom is -0.456 e. The van der Waals surface area contributed by atoms with E-state index in [4.69, 9.17) is 51.4 Å². The van der Waals surface area contributed by atoms with Crippen molar-refractivity contribution in [3.05, 3.63) is 0 Å². The van der Waals surface area contributed by atoms with Gasteiger partial charge in [-0.1, -0.05) is 0 Å². The van der Waals surface area contributed by atoms with Crippen LogP contribution >= 0.6 is 30.9 Å². The van der Waals surface area contributed by atoms with E-state index in [1.54, 1.807) is 0 Å². The normalized spacial score (nSPS) is 24.7. The summed E-state index contributed by atoms with van der Waals surface area (Å²) < 4.78 is 45.1. The third-order valence-corrected chi connectivity index (χ3v) is 6.20. The van der Waals surface area contributed by atoms with Crippen LogP contribution in [0.25, 0.3) is 0 Å². The second-order valence-corrected chi connectivity index (χ2v) is 9.67. The lowest BCUT2D eigenvalue weighted by atomic mass is 9.98. The number of halogens is 2. The highest BCUT2D eigenvalue weighted by Crippen LogP contribution is 2.39. The van der Waals surface area contributed by atoms with E-state index in [1.807, 2.05) is 0 Å². The summed E-state index contributed by atoms with van der Waals surface area (Å²) in [6, 6.07) is 0. The summed E-state index contributed by atoms with van der Waals surface area (Å²) in [5.74, 6) is -2.95. The molecule has 1 aliphatic rings. The molecular formula is C18H29Cl2N2O11P. The molecule has 1 rings (SSSR count). The van der Waals surface area contributed by atoms with Crippen LogP contribution in [0.3, 0.4) is 0 Å². The lowest BCUT2D eigenvalue weighted by Gasteiger charge is -2.43. The van der Waals surface area contributed by atoms with Crippen molar-refractivity contribution in [2.45, 2.75) is 58.4 Å². The van der Waals surface area contributed by atoms with Gasteiger partial charge in [-0.2, -0.15) is 0 Å². The van der Waals surface area contributed by atoms with Gasteiger partial charge in [0.15, 0.2) is 12.2 Å². The van der Waals surface area contributed by atoms with E-state index in [0.717, 1.165) is 27.7 Å². The number of rotatable bonds is 13. The molecule has 0 aromatic rings. The molecule has 0 aromatic heterocycles. The Morgan fingerprint density at radius 3 is 1.65 bits per heavy atom. The first-order chi connectivity index (χ1) is 15.9. The van der Waals surface area contributed by atoms with E-state index >= 15 is 0 Å². The number of esters is 4. The fraction of sp³-hybridized carbons (Fsp3) is 0.778.